The fourth-order valence-electron chi connectivity index (χ4n) is 11.4. The van der Waals surface area contributed by atoms with E-state index in [9.17, 15) is 19.5 Å². The molecule has 510 valence electrons. The van der Waals surface area contributed by atoms with Gasteiger partial charge in [0.1, 0.15) is 13.2 Å². The van der Waals surface area contributed by atoms with Gasteiger partial charge in [-0.2, -0.15) is 0 Å². The molecule has 0 radical (unpaired) electrons. The number of aliphatic carboxylic acids is 1. The molecule has 0 N–H and O–H groups in total. The molecule has 0 heterocycles. The Bertz CT molecular complexity index is 1570. The molecule has 0 bridgehead atoms. The molecule has 0 spiro atoms. The molecule has 0 aromatic carbocycles. The summed E-state index contributed by atoms with van der Waals surface area (Å²) >= 11 is 0. The third kappa shape index (κ3) is 70.6. The van der Waals surface area contributed by atoms with Crippen LogP contribution in [-0.4, -0.2) is 82.3 Å². The van der Waals surface area contributed by atoms with Crippen LogP contribution in [0, 0.1) is 0 Å². The summed E-state index contributed by atoms with van der Waals surface area (Å²) in [6.45, 7) is 4.69. The number of nitrogens with zero attached hydrogens (tertiary/aromatic N) is 1. The lowest BCUT2D eigenvalue weighted by Crippen LogP contribution is -2.44. The summed E-state index contributed by atoms with van der Waals surface area (Å²) in [6, 6.07) is 0. The van der Waals surface area contributed by atoms with Gasteiger partial charge < -0.3 is 33.3 Å². The van der Waals surface area contributed by atoms with Crippen LogP contribution in [0.25, 0.3) is 0 Å². The SMILES string of the molecule is CC/C=C\C/C=C\C/C=C\C/C=C\CCCCCCCCCCCCC(=O)OC(COC(=O)CCCCCCCCCCCCCCCCCCCCCCCCCCCCCCCCCCCCCCCCC)COC(OCC[N+](C)(C)C)C(=O)[O-]. The summed E-state index contributed by atoms with van der Waals surface area (Å²) in [6.07, 6.45) is 86.6. The highest BCUT2D eigenvalue weighted by Crippen LogP contribution is 2.19. The first-order valence-electron chi connectivity index (χ1n) is 37.8. The van der Waals surface area contributed by atoms with Crippen molar-refractivity contribution in [3.63, 3.8) is 0 Å². The first-order chi connectivity index (χ1) is 42.6. The van der Waals surface area contributed by atoms with Gasteiger partial charge in [-0.1, -0.05) is 358 Å². The van der Waals surface area contributed by atoms with E-state index in [1.165, 1.54) is 270 Å². The Morgan fingerprint density at radius 3 is 0.977 bits per heavy atom. The van der Waals surface area contributed by atoms with Crippen molar-refractivity contribution in [3.8, 4) is 0 Å². The number of hydrogen-bond acceptors (Lipinski definition) is 8. The lowest BCUT2D eigenvalue weighted by atomic mass is 10.0. The Morgan fingerprint density at radius 1 is 0.356 bits per heavy atom. The number of esters is 2. The van der Waals surface area contributed by atoms with Crippen molar-refractivity contribution in [3.05, 3.63) is 48.6 Å². The lowest BCUT2D eigenvalue weighted by molar-refractivity contribution is -0.870. The minimum absolute atomic E-state index is 0.147. The average molecular weight is 1230 g/mol. The van der Waals surface area contributed by atoms with E-state index < -0.39 is 24.3 Å². The maximum atomic E-state index is 12.9. The Balaban J connectivity index is 3.95. The molecule has 9 nitrogen and oxygen atoms in total. The summed E-state index contributed by atoms with van der Waals surface area (Å²) in [4.78, 5) is 37.5. The molecular weight excluding hydrogens is 1080 g/mol. The number of ether oxygens (including phenoxy) is 4. The highest BCUT2D eigenvalue weighted by Gasteiger charge is 2.22. The number of carbonyl (C=O) groups excluding carboxylic acids is 3. The Labute approximate surface area is 540 Å². The van der Waals surface area contributed by atoms with Gasteiger partial charge in [-0.15, -0.1) is 0 Å². The summed E-state index contributed by atoms with van der Waals surface area (Å²) in [5, 5.41) is 11.8. The number of likely N-dealkylation sites (N-methyl/N-ethyl adjacent to an activating group) is 1. The number of allylic oxidation sites excluding steroid dienone is 8. The van der Waals surface area contributed by atoms with Crippen molar-refractivity contribution in [2.45, 2.75) is 386 Å². The van der Waals surface area contributed by atoms with Crippen LogP contribution in [0.15, 0.2) is 48.6 Å². The van der Waals surface area contributed by atoms with Crippen molar-refractivity contribution in [1.82, 2.24) is 0 Å². The van der Waals surface area contributed by atoms with E-state index >= 15 is 0 Å². The largest absolute Gasteiger partial charge is 0.545 e. The Kier molecular flexibility index (Phi) is 67.0. The highest BCUT2D eigenvalue weighted by atomic mass is 16.7. The third-order valence-corrected chi connectivity index (χ3v) is 17.1. The van der Waals surface area contributed by atoms with Crippen LogP contribution in [0.1, 0.15) is 373 Å². The molecule has 9 heteroatoms. The van der Waals surface area contributed by atoms with Gasteiger partial charge in [-0.05, 0) is 51.4 Å². The molecule has 2 unspecified atom stereocenters. The predicted octanol–water partition coefficient (Wildman–Crippen LogP) is 22.4. The van der Waals surface area contributed by atoms with E-state index in [0.29, 0.717) is 23.9 Å². The summed E-state index contributed by atoms with van der Waals surface area (Å²) in [5.74, 6) is -2.27. The zero-order chi connectivity index (χ0) is 63.3. The van der Waals surface area contributed by atoms with Gasteiger partial charge in [0, 0.05) is 12.8 Å². The van der Waals surface area contributed by atoms with Crippen molar-refractivity contribution in [2.24, 2.45) is 0 Å². The van der Waals surface area contributed by atoms with E-state index in [0.717, 1.165) is 70.6 Å². The van der Waals surface area contributed by atoms with Crippen LogP contribution in [0.2, 0.25) is 0 Å². The third-order valence-electron chi connectivity index (χ3n) is 17.1. The second-order valence-corrected chi connectivity index (χ2v) is 26.9. The normalized spacial score (nSPS) is 12.9. The predicted molar refractivity (Wildman–Crippen MR) is 371 cm³/mol. The average Bonchev–Trinajstić information content (AvgIpc) is 3.50. The first kappa shape index (κ1) is 84.2. The number of carbonyl (C=O) groups is 3. The van der Waals surface area contributed by atoms with Gasteiger partial charge in [-0.3, -0.25) is 9.59 Å². The summed E-state index contributed by atoms with van der Waals surface area (Å²) in [5.41, 5.74) is 0. The van der Waals surface area contributed by atoms with Gasteiger partial charge in [-0.25, -0.2) is 0 Å². The Hall–Kier alpha value is -2.75. The molecule has 0 fully saturated rings. The monoisotopic (exact) mass is 1220 g/mol. The lowest BCUT2D eigenvalue weighted by Gasteiger charge is -2.26. The maximum Gasteiger partial charge on any atom is 0.306 e. The van der Waals surface area contributed by atoms with Crippen molar-refractivity contribution in [2.75, 3.05) is 47.5 Å². The second-order valence-electron chi connectivity index (χ2n) is 26.9. The van der Waals surface area contributed by atoms with Crippen LogP contribution < -0.4 is 5.11 Å². The summed E-state index contributed by atoms with van der Waals surface area (Å²) in [7, 11) is 5.94. The zero-order valence-electron chi connectivity index (χ0n) is 58.4. The minimum atomic E-state index is -1.62. The number of carboxylic acid groups (broad SMARTS) is 1. The molecule has 87 heavy (non-hydrogen) atoms. The molecule has 0 rings (SSSR count). The molecule has 0 aliphatic heterocycles. The van der Waals surface area contributed by atoms with Crippen molar-refractivity contribution in [1.29, 1.82) is 0 Å². The molecule has 0 aliphatic rings. The Morgan fingerprint density at radius 2 is 0.655 bits per heavy atom. The molecule has 0 amide bonds. The van der Waals surface area contributed by atoms with Gasteiger partial charge >= 0.3 is 11.9 Å². The number of quaternary nitrogens is 1. The van der Waals surface area contributed by atoms with E-state index in [2.05, 4.69) is 62.5 Å². The second kappa shape index (κ2) is 69.1. The minimum Gasteiger partial charge on any atom is -0.545 e. The number of hydrogen-bond donors (Lipinski definition) is 0. The van der Waals surface area contributed by atoms with Gasteiger partial charge in [0.25, 0.3) is 0 Å². The van der Waals surface area contributed by atoms with Crippen molar-refractivity contribution >= 4 is 17.9 Å². The maximum absolute atomic E-state index is 12.9. The van der Waals surface area contributed by atoms with Gasteiger partial charge in [0.05, 0.1) is 40.3 Å². The standard InChI is InChI=1S/C78H145NO8/c1-6-8-10-12-14-16-18-20-22-24-26-28-30-31-32-33-34-35-36-37-38-39-40-41-42-43-44-45-47-48-50-52-54-56-58-60-62-64-66-68-75(80)85-72-74(73-86-78(77(82)83)84-71-70-79(3,4)5)87-76(81)69-67-65-63-61-59-57-55-53-51-49-46-29-27-25-23-21-19-17-15-13-11-9-7-2/h9,11,15,17,21,23,27,29,74,78H,6-8,10,12-14,16,18-20,22,24-26,28,30-73H2,1-5H3/b11-9-,17-15-,23-21-,29-27-. The van der Waals surface area contributed by atoms with E-state index in [1.54, 1.807) is 0 Å². The molecule has 0 aliphatic carbocycles. The smallest absolute Gasteiger partial charge is 0.306 e. The van der Waals surface area contributed by atoms with Crippen molar-refractivity contribution < 1.29 is 42.9 Å². The first-order valence-corrected chi connectivity index (χ1v) is 37.8. The van der Waals surface area contributed by atoms with Gasteiger partial charge in [0.15, 0.2) is 12.4 Å². The molecule has 2 atom stereocenters. The fourth-order valence-corrected chi connectivity index (χ4v) is 11.4. The highest BCUT2D eigenvalue weighted by molar-refractivity contribution is 5.70. The van der Waals surface area contributed by atoms with Crippen LogP contribution in [0.4, 0.5) is 0 Å². The van der Waals surface area contributed by atoms with Crippen LogP contribution in [0.3, 0.4) is 0 Å². The van der Waals surface area contributed by atoms with Crippen LogP contribution >= 0.6 is 0 Å². The van der Waals surface area contributed by atoms with E-state index in [-0.39, 0.29) is 32.2 Å². The molecule has 0 saturated heterocycles. The quantitative estimate of drug-likeness (QED) is 0.0195. The number of rotatable bonds is 71. The molecule has 0 saturated carbocycles. The number of unbranched alkanes of at least 4 members (excludes halogenated alkanes) is 48. The number of carboxylic acids is 1. The van der Waals surface area contributed by atoms with Crippen LogP contribution in [-0.2, 0) is 33.3 Å². The fraction of sp³-hybridized carbons (Fsp3) is 0.859. The molecular formula is C78H145NO8. The van der Waals surface area contributed by atoms with Crippen LogP contribution in [0.5, 0.6) is 0 Å². The summed E-state index contributed by atoms with van der Waals surface area (Å²) < 4.78 is 22.8. The van der Waals surface area contributed by atoms with E-state index in [1.807, 2.05) is 21.1 Å². The van der Waals surface area contributed by atoms with Gasteiger partial charge in [0.2, 0.25) is 0 Å². The topological polar surface area (TPSA) is 111 Å². The van der Waals surface area contributed by atoms with E-state index in [4.69, 9.17) is 18.9 Å². The zero-order valence-corrected chi connectivity index (χ0v) is 58.4. The molecule has 0 aromatic heterocycles. The molecule has 0 aromatic rings.